The van der Waals surface area contributed by atoms with Crippen LogP contribution in [0.25, 0.3) is 11.0 Å². The van der Waals surface area contributed by atoms with Gasteiger partial charge in [-0.25, -0.2) is 4.98 Å². The number of hydrogen-bond acceptors (Lipinski definition) is 5. The lowest BCUT2D eigenvalue weighted by atomic mass is 9.76. The van der Waals surface area contributed by atoms with Gasteiger partial charge in [0.15, 0.2) is 5.78 Å². The molecule has 35 heavy (non-hydrogen) atoms. The summed E-state index contributed by atoms with van der Waals surface area (Å²) in [6.45, 7) is 4.69. The normalized spacial score (nSPS) is 20.8. The largest absolute Gasteiger partial charge is 0.338 e. The maximum Gasteiger partial charge on any atom is 0.226 e. The average Bonchev–Trinajstić information content (AvgIpc) is 3.46. The summed E-state index contributed by atoms with van der Waals surface area (Å²) in [6, 6.07) is 1.54. The highest BCUT2D eigenvalue weighted by molar-refractivity contribution is 6.31. The zero-order valence-corrected chi connectivity index (χ0v) is 21.8. The molecule has 8 heteroatoms. The van der Waals surface area contributed by atoms with Gasteiger partial charge in [-0.05, 0) is 58.6 Å². The van der Waals surface area contributed by atoms with Crippen molar-refractivity contribution >= 4 is 40.1 Å². The number of likely N-dealkylation sites (tertiary alicyclic amines) is 1. The van der Waals surface area contributed by atoms with E-state index in [1.54, 1.807) is 26.2 Å². The van der Waals surface area contributed by atoms with Gasteiger partial charge in [0, 0.05) is 54.8 Å². The minimum Gasteiger partial charge on any atom is -0.338 e. The summed E-state index contributed by atoms with van der Waals surface area (Å²) in [5, 5.41) is 4.27. The van der Waals surface area contributed by atoms with E-state index in [-0.39, 0.29) is 41.4 Å². The van der Waals surface area contributed by atoms with Crippen molar-refractivity contribution in [3.8, 4) is 0 Å². The maximum atomic E-state index is 14.0. The highest BCUT2D eigenvalue weighted by atomic mass is 35.5. The van der Waals surface area contributed by atoms with Crippen molar-refractivity contribution in [1.29, 1.82) is 0 Å². The summed E-state index contributed by atoms with van der Waals surface area (Å²) in [5.41, 5.74) is 1.30. The van der Waals surface area contributed by atoms with Gasteiger partial charge in [0.2, 0.25) is 5.91 Å². The van der Waals surface area contributed by atoms with E-state index in [0.29, 0.717) is 35.7 Å². The number of hydrogen-bond donors (Lipinski definition) is 1. The van der Waals surface area contributed by atoms with Crippen LogP contribution in [0.5, 0.6) is 0 Å². The van der Waals surface area contributed by atoms with Crippen molar-refractivity contribution < 1.29 is 14.4 Å². The minimum atomic E-state index is -0.259. The standard InChI is InChI=1S/C27H37ClN4O3/c1-17(29-3)25(34)13-22(19-8-5-4-6-9-19)27(35)32-11-7-10-21(32)15-31-16-24(18(2)33)23-12-20(28)14-30-26(23)31/h12,14,16-17,19,21-22,29H,4-11,13,15H2,1-3H3. The fourth-order valence-corrected chi connectivity index (χ4v) is 6.03. The molecule has 2 aromatic rings. The number of nitrogens with one attached hydrogen (secondary N) is 1. The van der Waals surface area contributed by atoms with Crippen LogP contribution < -0.4 is 5.32 Å². The van der Waals surface area contributed by atoms with Crippen LogP contribution in [-0.2, 0) is 16.1 Å². The van der Waals surface area contributed by atoms with E-state index < -0.39 is 0 Å². The number of aromatic nitrogens is 2. The van der Waals surface area contributed by atoms with Crippen LogP contribution in [0.4, 0.5) is 0 Å². The van der Waals surface area contributed by atoms with Crippen LogP contribution in [0.2, 0.25) is 5.02 Å². The molecule has 1 aliphatic heterocycles. The van der Waals surface area contributed by atoms with E-state index in [1.165, 1.54) is 6.42 Å². The van der Waals surface area contributed by atoms with Gasteiger partial charge < -0.3 is 14.8 Å². The molecule has 2 aliphatic rings. The molecule has 0 aromatic carbocycles. The zero-order chi connectivity index (χ0) is 25.1. The summed E-state index contributed by atoms with van der Waals surface area (Å²) in [6.07, 6.45) is 11.1. The Bertz CT molecular complexity index is 1090. The number of carbonyl (C=O) groups is 3. The van der Waals surface area contributed by atoms with Crippen molar-refractivity contribution in [2.24, 2.45) is 11.8 Å². The molecule has 4 rings (SSSR count). The Kier molecular flexibility index (Phi) is 8.27. The van der Waals surface area contributed by atoms with E-state index in [1.807, 2.05) is 22.6 Å². The fourth-order valence-electron chi connectivity index (χ4n) is 5.87. The van der Waals surface area contributed by atoms with Crippen LogP contribution in [0, 0.1) is 11.8 Å². The van der Waals surface area contributed by atoms with Crippen molar-refractivity contribution in [1.82, 2.24) is 19.8 Å². The van der Waals surface area contributed by atoms with E-state index in [2.05, 4.69) is 10.3 Å². The molecule has 190 valence electrons. The van der Waals surface area contributed by atoms with E-state index in [9.17, 15) is 14.4 Å². The highest BCUT2D eigenvalue weighted by Gasteiger charge is 2.39. The minimum absolute atomic E-state index is 0.0123. The quantitative estimate of drug-likeness (QED) is 0.507. The Morgan fingerprint density at radius 1 is 1.17 bits per heavy atom. The number of carbonyl (C=O) groups excluding carboxylic acids is 3. The summed E-state index contributed by atoms with van der Waals surface area (Å²) in [4.78, 5) is 45.6. The lowest BCUT2D eigenvalue weighted by Gasteiger charge is -2.35. The molecule has 0 radical (unpaired) electrons. The van der Waals surface area contributed by atoms with Crippen molar-refractivity contribution in [3.63, 3.8) is 0 Å². The number of amides is 1. The molecule has 3 atom stereocenters. The van der Waals surface area contributed by atoms with Crippen LogP contribution in [-0.4, -0.2) is 57.6 Å². The van der Waals surface area contributed by atoms with Crippen LogP contribution in [0.1, 0.15) is 75.6 Å². The Hall–Kier alpha value is -2.25. The third-order valence-electron chi connectivity index (χ3n) is 8.00. The highest BCUT2D eigenvalue weighted by Crippen LogP contribution is 2.35. The van der Waals surface area contributed by atoms with Gasteiger partial charge in [0.1, 0.15) is 11.4 Å². The van der Waals surface area contributed by atoms with Crippen molar-refractivity contribution in [2.45, 2.75) is 83.8 Å². The first-order valence-electron chi connectivity index (χ1n) is 13.0. The van der Waals surface area contributed by atoms with Gasteiger partial charge in [-0.15, -0.1) is 0 Å². The first-order valence-corrected chi connectivity index (χ1v) is 13.3. The summed E-state index contributed by atoms with van der Waals surface area (Å²) in [5.74, 6) is 0.203. The fraction of sp³-hybridized carbons (Fsp3) is 0.630. The second-order valence-electron chi connectivity index (χ2n) is 10.3. The van der Waals surface area contributed by atoms with Crippen molar-refractivity contribution in [3.05, 3.63) is 29.0 Å². The second-order valence-corrected chi connectivity index (χ2v) is 10.7. The molecule has 7 nitrogen and oxygen atoms in total. The predicted octanol–water partition coefficient (Wildman–Crippen LogP) is 4.65. The van der Waals surface area contributed by atoms with Gasteiger partial charge in [-0.2, -0.15) is 0 Å². The smallest absolute Gasteiger partial charge is 0.226 e. The average molecular weight is 501 g/mol. The number of likely N-dealkylation sites (N-methyl/N-ethyl adjacent to an activating group) is 1. The summed E-state index contributed by atoms with van der Waals surface area (Å²) in [7, 11) is 1.79. The number of ketones is 2. The van der Waals surface area contributed by atoms with Crippen LogP contribution in [0.3, 0.4) is 0 Å². The number of Topliss-reactive ketones (excluding diaryl/α,β-unsaturated/α-hetero) is 2. The van der Waals surface area contributed by atoms with Crippen molar-refractivity contribution in [2.75, 3.05) is 13.6 Å². The SMILES string of the molecule is CNC(C)C(=O)CC(C(=O)N1CCCC1Cn1cc(C(C)=O)c2cc(Cl)cnc21)C1CCCCC1. The Labute approximate surface area is 212 Å². The third kappa shape index (κ3) is 5.61. The topological polar surface area (TPSA) is 84.3 Å². The zero-order valence-electron chi connectivity index (χ0n) is 21.1. The molecule has 1 aliphatic carbocycles. The Morgan fingerprint density at radius 3 is 2.60 bits per heavy atom. The molecule has 1 N–H and O–H groups in total. The monoisotopic (exact) mass is 500 g/mol. The lowest BCUT2D eigenvalue weighted by molar-refractivity contribution is -0.141. The van der Waals surface area contributed by atoms with Gasteiger partial charge in [-0.3, -0.25) is 14.4 Å². The third-order valence-corrected chi connectivity index (χ3v) is 8.21. The first kappa shape index (κ1) is 25.8. The Morgan fingerprint density at radius 2 is 1.91 bits per heavy atom. The predicted molar refractivity (Wildman–Crippen MR) is 138 cm³/mol. The summed E-state index contributed by atoms with van der Waals surface area (Å²) >= 11 is 6.15. The second kappa shape index (κ2) is 11.2. The van der Waals surface area contributed by atoms with E-state index in [4.69, 9.17) is 11.6 Å². The molecule has 3 unspecified atom stereocenters. The molecule has 3 heterocycles. The number of fused-ring (bicyclic) bond motifs is 1. The molecule has 2 fully saturated rings. The lowest BCUT2D eigenvalue weighted by Crippen LogP contribution is -2.45. The van der Waals surface area contributed by atoms with Crippen LogP contribution in [0.15, 0.2) is 18.5 Å². The molecule has 0 bridgehead atoms. The Balaban J connectivity index is 1.58. The number of halogens is 1. The maximum absolute atomic E-state index is 14.0. The van der Waals surface area contributed by atoms with Crippen LogP contribution >= 0.6 is 11.6 Å². The van der Waals surface area contributed by atoms with E-state index in [0.717, 1.165) is 43.9 Å². The molecule has 1 saturated carbocycles. The van der Waals surface area contributed by atoms with Gasteiger partial charge in [0.25, 0.3) is 0 Å². The number of rotatable bonds is 9. The first-order chi connectivity index (χ1) is 16.8. The van der Waals surface area contributed by atoms with Gasteiger partial charge in [0.05, 0.1) is 11.1 Å². The molecular weight excluding hydrogens is 464 g/mol. The molecule has 2 aromatic heterocycles. The van der Waals surface area contributed by atoms with E-state index >= 15 is 0 Å². The summed E-state index contributed by atoms with van der Waals surface area (Å²) < 4.78 is 1.99. The number of pyridine rings is 1. The number of nitrogens with zero attached hydrogens (tertiary/aromatic N) is 3. The molecular formula is C27H37ClN4O3. The molecule has 1 saturated heterocycles. The van der Waals surface area contributed by atoms with Gasteiger partial charge in [-0.1, -0.05) is 30.9 Å². The van der Waals surface area contributed by atoms with Gasteiger partial charge >= 0.3 is 0 Å². The molecule has 1 amide bonds. The molecule has 0 spiro atoms.